The Balaban J connectivity index is 1.47. The SMILES string of the molecule is c1ccc(CCc2ccc3ccc(CCc4ccccc4)cc3c2)cc1. The summed E-state index contributed by atoms with van der Waals surface area (Å²) in [6, 6.07) is 35.3. The van der Waals surface area contributed by atoms with Crippen molar-refractivity contribution in [2.24, 2.45) is 0 Å². The van der Waals surface area contributed by atoms with Gasteiger partial charge in [-0.05, 0) is 58.7 Å². The molecule has 0 aliphatic heterocycles. The molecule has 128 valence electrons. The van der Waals surface area contributed by atoms with E-state index in [-0.39, 0.29) is 0 Å². The van der Waals surface area contributed by atoms with E-state index in [9.17, 15) is 0 Å². The van der Waals surface area contributed by atoms with Gasteiger partial charge >= 0.3 is 0 Å². The molecule has 0 nitrogen and oxygen atoms in total. The van der Waals surface area contributed by atoms with Gasteiger partial charge in [-0.1, -0.05) is 97.1 Å². The molecule has 0 N–H and O–H groups in total. The first-order valence-corrected chi connectivity index (χ1v) is 9.46. The van der Waals surface area contributed by atoms with Crippen LogP contribution in [0.1, 0.15) is 22.3 Å². The molecule has 4 aromatic carbocycles. The maximum absolute atomic E-state index is 2.37. The Bertz CT molecular complexity index is 890. The molecule has 0 aromatic heterocycles. The molecule has 0 bridgehead atoms. The fourth-order valence-corrected chi connectivity index (χ4v) is 3.52. The van der Waals surface area contributed by atoms with Crippen LogP contribution in [0.25, 0.3) is 10.8 Å². The highest BCUT2D eigenvalue weighted by atomic mass is 14.1. The number of aryl methyl sites for hydroxylation is 4. The molecule has 26 heavy (non-hydrogen) atoms. The van der Waals surface area contributed by atoms with Gasteiger partial charge in [0, 0.05) is 0 Å². The Kier molecular flexibility index (Phi) is 5.12. The van der Waals surface area contributed by atoms with Crippen molar-refractivity contribution >= 4 is 10.8 Å². The molecule has 0 unspecified atom stereocenters. The average molecular weight is 336 g/mol. The molecule has 4 rings (SSSR count). The number of benzene rings is 4. The van der Waals surface area contributed by atoms with Gasteiger partial charge in [-0.25, -0.2) is 0 Å². The topological polar surface area (TPSA) is 0 Å². The monoisotopic (exact) mass is 336 g/mol. The van der Waals surface area contributed by atoms with Crippen LogP contribution in [0.15, 0.2) is 97.1 Å². The van der Waals surface area contributed by atoms with E-state index in [2.05, 4.69) is 97.1 Å². The zero-order chi connectivity index (χ0) is 17.6. The summed E-state index contributed by atoms with van der Waals surface area (Å²) in [7, 11) is 0. The minimum atomic E-state index is 1.09. The Morgan fingerprint density at radius 2 is 0.769 bits per heavy atom. The molecule has 0 aliphatic rings. The Morgan fingerprint density at radius 1 is 0.346 bits per heavy atom. The van der Waals surface area contributed by atoms with Gasteiger partial charge in [0.2, 0.25) is 0 Å². The van der Waals surface area contributed by atoms with E-state index >= 15 is 0 Å². The van der Waals surface area contributed by atoms with Crippen molar-refractivity contribution in [3.05, 3.63) is 119 Å². The van der Waals surface area contributed by atoms with Crippen molar-refractivity contribution in [1.29, 1.82) is 0 Å². The van der Waals surface area contributed by atoms with Crippen LogP contribution in [0, 0.1) is 0 Å². The zero-order valence-corrected chi connectivity index (χ0v) is 15.1. The highest BCUT2D eigenvalue weighted by Crippen LogP contribution is 2.20. The first-order valence-electron chi connectivity index (χ1n) is 9.46. The van der Waals surface area contributed by atoms with E-state index in [0.717, 1.165) is 25.7 Å². The lowest BCUT2D eigenvalue weighted by Gasteiger charge is -2.07. The van der Waals surface area contributed by atoms with Gasteiger partial charge < -0.3 is 0 Å². The second kappa shape index (κ2) is 8.01. The molecule has 0 saturated carbocycles. The lowest BCUT2D eigenvalue weighted by Crippen LogP contribution is -1.93. The smallest absolute Gasteiger partial charge is 0.0179 e. The van der Waals surface area contributed by atoms with Crippen LogP contribution >= 0.6 is 0 Å². The largest absolute Gasteiger partial charge is 0.0622 e. The third-order valence-electron chi connectivity index (χ3n) is 5.06. The van der Waals surface area contributed by atoms with Crippen molar-refractivity contribution in [3.8, 4) is 0 Å². The zero-order valence-electron chi connectivity index (χ0n) is 15.1. The molecule has 0 aliphatic carbocycles. The van der Waals surface area contributed by atoms with E-state index in [1.807, 2.05) is 0 Å². The maximum Gasteiger partial charge on any atom is -0.0179 e. The van der Waals surface area contributed by atoms with E-state index in [0.29, 0.717) is 0 Å². The second-order valence-electron chi connectivity index (χ2n) is 6.99. The van der Waals surface area contributed by atoms with Crippen LogP contribution in [0.3, 0.4) is 0 Å². The van der Waals surface area contributed by atoms with Crippen molar-refractivity contribution in [2.75, 3.05) is 0 Å². The van der Waals surface area contributed by atoms with Crippen LogP contribution in [0.2, 0.25) is 0 Å². The van der Waals surface area contributed by atoms with Gasteiger partial charge in [-0.3, -0.25) is 0 Å². The van der Waals surface area contributed by atoms with Crippen LogP contribution in [-0.4, -0.2) is 0 Å². The predicted molar refractivity (Wildman–Crippen MR) is 112 cm³/mol. The van der Waals surface area contributed by atoms with Crippen molar-refractivity contribution in [3.63, 3.8) is 0 Å². The van der Waals surface area contributed by atoms with Crippen LogP contribution in [0.4, 0.5) is 0 Å². The summed E-state index contributed by atoms with van der Waals surface area (Å²) in [5.41, 5.74) is 5.65. The molecule has 4 aromatic rings. The van der Waals surface area contributed by atoms with E-state index in [1.54, 1.807) is 0 Å². The normalized spacial score (nSPS) is 10.9. The summed E-state index contributed by atoms with van der Waals surface area (Å²) in [5, 5.41) is 2.69. The highest BCUT2D eigenvalue weighted by Gasteiger charge is 2.01. The third-order valence-corrected chi connectivity index (χ3v) is 5.06. The Labute approximate surface area is 156 Å². The van der Waals surface area contributed by atoms with Crippen LogP contribution < -0.4 is 0 Å². The third kappa shape index (κ3) is 4.21. The summed E-state index contributed by atoms with van der Waals surface area (Å²) in [5.74, 6) is 0. The fourth-order valence-electron chi connectivity index (χ4n) is 3.52. The predicted octanol–water partition coefficient (Wildman–Crippen LogP) is 6.41. The molecule has 0 heterocycles. The highest BCUT2D eigenvalue weighted by molar-refractivity contribution is 5.83. The fraction of sp³-hybridized carbons (Fsp3) is 0.154. The van der Waals surface area contributed by atoms with Gasteiger partial charge in [0.15, 0.2) is 0 Å². The molecule has 0 heteroatoms. The summed E-state index contributed by atoms with van der Waals surface area (Å²) >= 11 is 0. The summed E-state index contributed by atoms with van der Waals surface area (Å²) in [6.45, 7) is 0. The van der Waals surface area contributed by atoms with E-state index in [1.165, 1.54) is 33.0 Å². The number of rotatable bonds is 6. The average Bonchev–Trinajstić information content (AvgIpc) is 2.72. The molecule has 0 saturated heterocycles. The molecule has 0 radical (unpaired) electrons. The van der Waals surface area contributed by atoms with Crippen LogP contribution in [0.5, 0.6) is 0 Å². The molecule has 0 amide bonds. The van der Waals surface area contributed by atoms with E-state index in [4.69, 9.17) is 0 Å². The van der Waals surface area contributed by atoms with Crippen molar-refractivity contribution in [2.45, 2.75) is 25.7 Å². The van der Waals surface area contributed by atoms with Gasteiger partial charge in [0.05, 0.1) is 0 Å². The number of fused-ring (bicyclic) bond motifs is 1. The van der Waals surface area contributed by atoms with Gasteiger partial charge in [-0.15, -0.1) is 0 Å². The van der Waals surface area contributed by atoms with Crippen molar-refractivity contribution in [1.82, 2.24) is 0 Å². The van der Waals surface area contributed by atoms with Gasteiger partial charge in [-0.2, -0.15) is 0 Å². The molecular formula is C26H24. The molecular weight excluding hydrogens is 312 g/mol. The quantitative estimate of drug-likeness (QED) is 0.381. The van der Waals surface area contributed by atoms with Gasteiger partial charge in [0.25, 0.3) is 0 Å². The molecule has 0 spiro atoms. The minimum absolute atomic E-state index is 1.09. The summed E-state index contributed by atoms with van der Waals surface area (Å²) in [4.78, 5) is 0. The standard InChI is InChI=1S/C26H24/c1-3-7-21(8-4-1)11-13-23-15-17-25-18-16-24(20-26(25)19-23)14-12-22-9-5-2-6-10-22/h1-10,15-20H,11-14H2. The Morgan fingerprint density at radius 3 is 1.23 bits per heavy atom. The number of hydrogen-bond acceptors (Lipinski definition) is 0. The van der Waals surface area contributed by atoms with Crippen molar-refractivity contribution < 1.29 is 0 Å². The summed E-state index contributed by atoms with van der Waals surface area (Å²) < 4.78 is 0. The molecule has 0 fully saturated rings. The first-order chi connectivity index (χ1) is 12.9. The Hall–Kier alpha value is -2.86. The lowest BCUT2D eigenvalue weighted by molar-refractivity contribution is 0.958. The first kappa shape index (κ1) is 16.6. The van der Waals surface area contributed by atoms with Gasteiger partial charge in [0.1, 0.15) is 0 Å². The minimum Gasteiger partial charge on any atom is -0.0622 e. The maximum atomic E-state index is 2.37. The second-order valence-corrected chi connectivity index (χ2v) is 6.99. The summed E-state index contributed by atoms with van der Waals surface area (Å²) in [6.07, 6.45) is 4.38. The molecule has 0 atom stereocenters. The van der Waals surface area contributed by atoms with E-state index < -0.39 is 0 Å². The lowest BCUT2D eigenvalue weighted by atomic mass is 9.98. The van der Waals surface area contributed by atoms with Crippen LogP contribution in [-0.2, 0) is 25.7 Å². The number of hydrogen-bond donors (Lipinski definition) is 0.